The number of amides is 1. The van der Waals surface area contributed by atoms with Crippen LogP contribution in [0, 0.1) is 0 Å². The Morgan fingerprint density at radius 1 is 1.09 bits per heavy atom. The third-order valence-electron chi connectivity index (χ3n) is 3.97. The van der Waals surface area contributed by atoms with Crippen LogP contribution in [0.2, 0.25) is 0 Å². The van der Waals surface area contributed by atoms with Gasteiger partial charge in [-0.2, -0.15) is 0 Å². The van der Waals surface area contributed by atoms with E-state index in [1.165, 1.54) is 11.1 Å². The molecule has 22 heavy (non-hydrogen) atoms. The molecule has 1 amide bonds. The number of hydrogen-bond acceptors (Lipinski definition) is 2. The topological polar surface area (TPSA) is 32.3 Å². The van der Waals surface area contributed by atoms with Gasteiger partial charge in [0.15, 0.2) is 0 Å². The highest BCUT2D eigenvalue weighted by atomic mass is 35.5. The lowest BCUT2D eigenvalue weighted by Gasteiger charge is -2.21. The number of fused-ring (bicyclic) bond motifs is 1. The van der Waals surface area contributed by atoms with Crippen molar-refractivity contribution in [1.29, 1.82) is 0 Å². The largest absolute Gasteiger partial charge is 0.335 e. The second-order valence-corrected chi connectivity index (χ2v) is 5.39. The Hall–Kier alpha value is -1.84. The predicted octanol–water partition coefficient (Wildman–Crippen LogP) is 3.37. The zero-order valence-electron chi connectivity index (χ0n) is 12.7. The first-order valence-corrected chi connectivity index (χ1v) is 7.43. The molecule has 0 aromatic heterocycles. The summed E-state index contributed by atoms with van der Waals surface area (Å²) in [5.74, 6) is 0.107. The summed E-state index contributed by atoms with van der Waals surface area (Å²) in [6, 6.07) is 16.2. The monoisotopic (exact) mass is 316 g/mol. The number of rotatable bonds is 4. The van der Waals surface area contributed by atoms with Gasteiger partial charge in [-0.3, -0.25) is 4.79 Å². The van der Waals surface area contributed by atoms with Gasteiger partial charge in [-0.15, -0.1) is 12.4 Å². The summed E-state index contributed by atoms with van der Waals surface area (Å²) in [6.45, 7) is 5.16. The molecule has 116 valence electrons. The van der Waals surface area contributed by atoms with Gasteiger partial charge in [-0.25, -0.2) is 0 Å². The van der Waals surface area contributed by atoms with Crippen LogP contribution >= 0.6 is 12.4 Å². The summed E-state index contributed by atoms with van der Waals surface area (Å²) in [5.41, 5.74) is 4.50. The van der Waals surface area contributed by atoms with Crippen molar-refractivity contribution in [2.24, 2.45) is 0 Å². The molecular formula is C18H21ClN2O. The van der Waals surface area contributed by atoms with Crippen LogP contribution in [0.15, 0.2) is 48.5 Å². The fourth-order valence-electron chi connectivity index (χ4n) is 2.74. The molecule has 1 N–H and O–H groups in total. The molecule has 1 aliphatic heterocycles. The van der Waals surface area contributed by atoms with Crippen molar-refractivity contribution in [1.82, 2.24) is 10.2 Å². The van der Waals surface area contributed by atoms with Crippen molar-refractivity contribution in [3.05, 3.63) is 70.8 Å². The van der Waals surface area contributed by atoms with Gasteiger partial charge in [0.1, 0.15) is 0 Å². The van der Waals surface area contributed by atoms with Crippen LogP contribution in [0.4, 0.5) is 0 Å². The van der Waals surface area contributed by atoms with E-state index in [0.29, 0.717) is 13.1 Å². The minimum Gasteiger partial charge on any atom is -0.335 e. The quantitative estimate of drug-likeness (QED) is 0.938. The van der Waals surface area contributed by atoms with Crippen molar-refractivity contribution in [3.63, 3.8) is 0 Å². The lowest BCUT2D eigenvalue weighted by molar-refractivity contribution is 0.0752. The third kappa shape index (κ3) is 3.49. The summed E-state index contributed by atoms with van der Waals surface area (Å²) in [6.07, 6.45) is 0. The van der Waals surface area contributed by atoms with Gasteiger partial charge in [-0.1, -0.05) is 36.4 Å². The fraction of sp³-hybridized carbons (Fsp3) is 0.278. The molecule has 0 saturated carbocycles. The van der Waals surface area contributed by atoms with Gasteiger partial charge >= 0.3 is 0 Å². The van der Waals surface area contributed by atoms with Gasteiger partial charge < -0.3 is 10.2 Å². The van der Waals surface area contributed by atoms with Crippen molar-refractivity contribution < 1.29 is 4.79 Å². The van der Waals surface area contributed by atoms with Gasteiger partial charge in [0.2, 0.25) is 0 Å². The Labute approximate surface area is 137 Å². The number of carbonyl (C=O) groups is 1. The van der Waals surface area contributed by atoms with Gasteiger partial charge in [0.25, 0.3) is 5.91 Å². The van der Waals surface area contributed by atoms with E-state index in [4.69, 9.17) is 0 Å². The van der Waals surface area contributed by atoms with E-state index < -0.39 is 0 Å². The lowest BCUT2D eigenvalue weighted by Crippen LogP contribution is -2.30. The minimum atomic E-state index is 0. The number of nitrogens with zero attached hydrogens (tertiary/aromatic N) is 1. The molecule has 1 aliphatic rings. The lowest BCUT2D eigenvalue weighted by atomic mass is 10.1. The van der Waals surface area contributed by atoms with Crippen molar-refractivity contribution in [2.45, 2.75) is 26.6 Å². The SMILES string of the molecule is CCN(Cc1ccccc1)C(=O)c1ccc2c(c1)CNC2.Cl. The summed E-state index contributed by atoms with van der Waals surface area (Å²) < 4.78 is 0. The van der Waals surface area contributed by atoms with E-state index in [9.17, 15) is 4.79 Å². The van der Waals surface area contributed by atoms with E-state index >= 15 is 0 Å². The Bertz CT molecular complexity index is 643. The Morgan fingerprint density at radius 2 is 1.82 bits per heavy atom. The number of benzene rings is 2. The molecule has 0 aliphatic carbocycles. The van der Waals surface area contributed by atoms with Crippen LogP contribution in [0.3, 0.4) is 0 Å². The van der Waals surface area contributed by atoms with Crippen LogP contribution < -0.4 is 5.32 Å². The number of nitrogens with one attached hydrogen (secondary N) is 1. The maximum absolute atomic E-state index is 12.7. The summed E-state index contributed by atoms with van der Waals surface area (Å²) in [4.78, 5) is 14.6. The maximum Gasteiger partial charge on any atom is 0.254 e. The molecule has 0 bridgehead atoms. The Kier molecular flexibility index (Phi) is 5.58. The molecule has 2 aromatic rings. The first-order chi connectivity index (χ1) is 10.3. The van der Waals surface area contributed by atoms with E-state index in [1.807, 2.05) is 42.2 Å². The zero-order chi connectivity index (χ0) is 14.7. The number of carbonyl (C=O) groups excluding carboxylic acids is 1. The van der Waals surface area contributed by atoms with E-state index in [2.05, 4.69) is 23.5 Å². The minimum absolute atomic E-state index is 0. The second-order valence-electron chi connectivity index (χ2n) is 5.39. The molecule has 1 heterocycles. The van der Waals surface area contributed by atoms with Crippen LogP contribution in [0.25, 0.3) is 0 Å². The normalized spacial score (nSPS) is 12.4. The second kappa shape index (κ2) is 7.43. The molecule has 0 radical (unpaired) electrons. The van der Waals surface area contributed by atoms with Crippen LogP contribution in [0.1, 0.15) is 34.0 Å². The first kappa shape index (κ1) is 16.5. The molecule has 4 heteroatoms. The molecular weight excluding hydrogens is 296 g/mol. The molecule has 0 fully saturated rings. The zero-order valence-corrected chi connectivity index (χ0v) is 13.5. The summed E-state index contributed by atoms with van der Waals surface area (Å²) >= 11 is 0. The van der Waals surface area contributed by atoms with Gasteiger partial charge in [0, 0.05) is 31.7 Å². The predicted molar refractivity (Wildman–Crippen MR) is 91.1 cm³/mol. The Morgan fingerprint density at radius 3 is 2.55 bits per heavy atom. The third-order valence-corrected chi connectivity index (χ3v) is 3.97. The smallest absolute Gasteiger partial charge is 0.254 e. The summed E-state index contributed by atoms with van der Waals surface area (Å²) in [7, 11) is 0. The van der Waals surface area contributed by atoms with Crippen molar-refractivity contribution in [3.8, 4) is 0 Å². The maximum atomic E-state index is 12.7. The average Bonchev–Trinajstić information content (AvgIpc) is 3.00. The van der Waals surface area contributed by atoms with E-state index in [1.54, 1.807) is 0 Å². The fourth-order valence-corrected chi connectivity index (χ4v) is 2.74. The highest BCUT2D eigenvalue weighted by Crippen LogP contribution is 2.18. The molecule has 3 rings (SSSR count). The highest BCUT2D eigenvalue weighted by molar-refractivity contribution is 5.94. The molecule has 0 spiro atoms. The first-order valence-electron chi connectivity index (χ1n) is 7.43. The van der Waals surface area contributed by atoms with Gasteiger partial charge in [0.05, 0.1) is 0 Å². The van der Waals surface area contributed by atoms with Crippen LogP contribution in [-0.2, 0) is 19.6 Å². The Balaban J connectivity index is 0.00000176. The molecule has 2 aromatic carbocycles. The van der Waals surface area contributed by atoms with Crippen LogP contribution in [0.5, 0.6) is 0 Å². The molecule has 0 saturated heterocycles. The highest BCUT2D eigenvalue weighted by Gasteiger charge is 2.17. The number of halogens is 1. The molecule has 0 atom stereocenters. The van der Waals surface area contributed by atoms with Gasteiger partial charge in [-0.05, 0) is 35.7 Å². The summed E-state index contributed by atoms with van der Waals surface area (Å²) in [5, 5.41) is 3.31. The van der Waals surface area contributed by atoms with E-state index in [-0.39, 0.29) is 18.3 Å². The molecule has 3 nitrogen and oxygen atoms in total. The molecule has 0 unspecified atom stereocenters. The van der Waals surface area contributed by atoms with Crippen molar-refractivity contribution >= 4 is 18.3 Å². The average molecular weight is 317 g/mol. The van der Waals surface area contributed by atoms with E-state index in [0.717, 1.165) is 24.2 Å². The van der Waals surface area contributed by atoms with Crippen molar-refractivity contribution in [2.75, 3.05) is 6.54 Å². The standard InChI is InChI=1S/C18H20N2O.ClH/c1-2-20(13-14-6-4-3-5-7-14)18(21)15-8-9-16-11-19-12-17(16)10-15;/h3-10,19H,2,11-13H2,1H3;1H. The van der Waals surface area contributed by atoms with Crippen LogP contribution in [-0.4, -0.2) is 17.4 Å². The number of hydrogen-bond donors (Lipinski definition) is 1.